The second kappa shape index (κ2) is 5.63. The van der Waals surface area contributed by atoms with Crippen molar-refractivity contribution in [2.75, 3.05) is 0 Å². The molecule has 0 aliphatic rings. The average molecular weight is 446 g/mol. The summed E-state index contributed by atoms with van der Waals surface area (Å²) in [6, 6.07) is 4.18. The highest BCUT2D eigenvalue weighted by Crippen LogP contribution is 2.37. The summed E-state index contributed by atoms with van der Waals surface area (Å²) in [5, 5.41) is 2.07. The minimum Gasteiger partial charge on any atom is -0.324 e. The zero-order valence-corrected chi connectivity index (χ0v) is 14.4. The Kier molecular flexibility index (Phi) is 4.66. The van der Waals surface area contributed by atoms with Gasteiger partial charge >= 0.3 is 0 Å². The van der Waals surface area contributed by atoms with Gasteiger partial charge in [-0.2, -0.15) is 0 Å². The molecule has 86 valence electrons. The van der Waals surface area contributed by atoms with Gasteiger partial charge in [0.15, 0.2) is 0 Å². The van der Waals surface area contributed by atoms with Crippen LogP contribution in [0.2, 0.25) is 0 Å². The van der Waals surface area contributed by atoms with Crippen LogP contribution in [0, 0.1) is 0 Å². The quantitative estimate of drug-likeness (QED) is 0.678. The van der Waals surface area contributed by atoms with Crippen molar-refractivity contribution in [3.05, 3.63) is 40.0 Å². The lowest BCUT2D eigenvalue weighted by atomic mass is 10.1. The number of halogens is 3. The molecule has 0 radical (unpaired) electrons. The highest BCUT2D eigenvalue weighted by atomic mass is 79.9. The number of hydrogen-bond donors (Lipinski definition) is 1. The van der Waals surface area contributed by atoms with Gasteiger partial charge in [-0.3, -0.25) is 0 Å². The van der Waals surface area contributed by atoms with Crippen LogP contribution >= 0.6 is 70.5 Å². The van der Waals surface area contributed by atoms with E-state index in [0.29, 0.717) is 0 Å². The maximum absolute atomic E-state index is 6.21. The van der Waals surface area contributed by atoms with Crippen LogP contribution in [0.4, 0.5) is 0 Å². The Labute approximate surface area is 127 Å². The molecule has 0 fully saturated rings. The van der Waals surface area contributed by atoms with Gasteiger partial charge in [-0.25, -0.2) is 0 Å². The molecule has 1 unspecified atom stereocenters. The molecule has 0 aromatic carbocycles. The normalized spacial score (nSPS) is 13.0. The van der Waals surface area contributed by atoms with Crippen molar-refractivity contribution in [3.63, 3.8) is 0 Å². The lowest BCUT2D eigenvalue weighted by Gasteiger charge is -2.09. The van der Waals surface area contributed by atoms with E-state index in [2.05, 4.69) is 65.3 Å². The van der Waals surface area contributed by atoms with Gasteiger partial charge in [0.1, 0.15) is 0 Å². The van der Waals surface area contributed by atoms with Crippen LogP contribution in [0.5, 0.6) is 0 Å². The second-order valence-electron chi connectivity index (χ2n) is 3.28. The highest BCUT2D eigenvalue weighted by Gasteiger charge is 2.15. The van der Waals surface area contributed by atoms with Crippen LogP contribution in [-0.2, 0) is 6.42 Å². The first-order valence-electron chi connectivity index (χ1n) is 4.50. The fourth-order valence-electron chi connectivity index (χ4n) is 1.39. The van der Waals surface area contributed by atoms with Crippen molar-refractivity contribution < 1.29 is 0 Å². The molecule has 0 saturated heterocycles. The molecule has 0 bridgehead atoms. The Morgan fingerprint density at radius 2 is 2.06 bits per heavy atom. The monoisotopic (exact) mass is 443 g/mol. The van der Waals surface area contributed by atoms with Gasteiger partial charge in [0.05, 0.1) is 7.57 Å². The van der Waals surface area contributed by atoms with Crippen molar-refractivity contribution in [2.45, 2.75) is 12.5 Å². The predicted octanol–water partition coefficient (Wildman–Crippen LogP) is 5.34. The molecule has 1 atom stereocenters. The Morgan fingerprint density at radius 1 is 1.31 bits per heavy atom. The summed E-state index contributed by atoms with van der Waals surface area (Å²) >= 11 is 13.9. The molecule has 0 aliphatic carbocycles. The molecule has 6 heteroatoms. The summed E-state index contributed by atoms with van der Waals surface area (Å²) in [4.78, 5) is 1.29. The van der Waals surface area contributed by atoms with E-state index in [0.717, 1.165) is 24.0 Å². The molecule has 2 aromatic heterocycles. The zero-order valence-electron chi connectivity index (χ0n) is 8.04. The zero-order chi connectivity index (χ0) is 11.7. The highest BCUT2D eigenvalue weighted by molar-refractivity contribution is 9.12. The Bertz CT molecular complexity index is 492. The van der Waals surface area contributed by atoms with E-state index in [1.54, 1.807) is 22.7 Å². The Balaban J connectivity index is 2.17. The predicted molar refractivity (Wildman–Crippen MR) is 82.4 cm³/mol. The van der Waals surface area contributed by atoms with E-state index in [9.17, 15) is 0 Å². The minimum atomic E-state index is 0.0341. The van der Waals surface area contributed by atoms with E-state index in [-0.39, 0.29) is 6.04 Å². The van der Waals surface area contributed by atoms with Gasteiger partial charge < -0.3 is 5.73 Å². The molecule has 2 rings (SSSR count). The molecular weight excluding hydrogens is 438 g/mol. The molecule has 0 aliphatic heterocycles. The summed E-state index contributed by atoms with van der Waals surface area (Å²) in [6.45, 7) is 0. The number of hydrogen-bond acceptors (Lipinski definition) is 3. The van der Waals surface area contributed by atoms with Crippen molar-refractivity contribution in [3.8, 4) is 0 Å². The number of nitrogens with two attached hydrogens (primary N) is 1. The first kappa shape index (κ1) is 13.2. The van der Waals surface area contributed by atoms with Crippen LogP contribution in [0.15, 0.2) is 29.6 Å². The second-order valence-corrected chi connectivity index (χ2v) is 8.89. The first-order chi connectivity index (χ1) is 7.58. The third-order valence-electron chi connectivity index (χ3n) is 2.18. The van der Waals surface area contributed by atoms with Gasteiger partial charge in [0.25, 0.3) is 0 Å². The third-order valence-corrected chi connectivity index (χ3v) is 6.51. The van der Waals surface area contributed by atoms with Crippen LogP contribution in [0.3, 0.4) is 0 Å². The van der Waals surface area contributed by atoms with Crippen LogP contribution in [0.25, 0.3) is 0 Å². The van der Waals surface area contributed by atoms with Crippen LogP contribution < -0.4 is 5.73 Å². The van der Waals surface area contributed by atoms with Gasteiger partial charge in [-0.05, 0) is 70.9 Å². The van der Waals surface area contributed by atoms with E-state index in [4.69, 9.17) is 5.73 Å². The largest absolute Gasteiger partial charge is 0.324 e. The van der Waals surface area contributed by atoms with Gasteiger partial charge in [-0.15, -0.1) is 22.7 Å². The maximum Gasteiger partial charge on any atom is 0.0758 e. The maximum atomic E-state index is 6.21. The van der Waals surface area contributed by atoms with Gasteiger partial charge in [0, 0.05) is 21.8 Å². The fourth-order valence-corrected chi connectivity index (χ4v) is 5.96. The summed E-state index contributed by atoms with van der Waals surface area (Å²) in [7, 11) is 0. The van der Waals surface area contributed by atoms with Crippen molar-refractivity contribution >= 4 is 70.5 Å². The van der Waals surface area contributed by atoms with E-state index in [1.807, 2.05) is 0 Å². The molecule has 2 heterocycles. The number of thiophene rings is 2. The summed E-state index contributed by atoms with van der Waals surface area (Å²) in [5.74, 6) is 0. The average Bonchev–Trinajstić information content (AvgIpc) is 2.74. The summed E-state index contributed by atoms with van der Waals surface area (Å²) in [6.07, 6.45) is 0.861. The standard InChI is InChI=1S/C10H8Br3NS2/c11-6-1-2-15-8(6)4-7(14)5-3-9(12)16-10(5)13/h1-3,7H,4,14H2. The molecule has 2 N–H and O–H groups in total. The Hall–Kier alpha value is 0.800. The smallest absolute Gasteiger partial charge is 0.0758 e. The topological polar surface area (TPSA) is 26.0 Å². The van der Waals surface area contributed by atoms with Gasteiger partial charge in [-0.1, -0.05) is 0 Å². The van der Waals surface area contributed by atoms with Crippen molar-refractivity contribution in [1.82, 2.24) is 0 Å². The number of rotatable bonds is 3. The Morgan fingerprint density at radius 3 is 2.56 bits per heavy atom. The molecule has 16 heavy (non-hydrogen) atoms. The first-order valence-corrected chi connectivity index (χ1v) is 8.57. The lowest BCUT2D eigenvalue weighted by Crippen LogP contribution is -2.12. The van der Waals surface area contributed by atoms with Crippen molar-refractivity contribution in [2.24, 2.45) is 5.73 Å². The van der Waals surface area contributed by atoms with E-state index < -0.39 is 0 Å². The third kappa shape index (κ3) is 2.97. The van der Waals surface area contributed by atoms with Crippen LogP contribution in [-0.4, -0.2) is 0 Å². The SMILES string of the molecule is NC(Cc1sccc1Br)c1cc(Br)sc1Br. The molecule has 0 saturated carbocycles. The lowest BCUT2D eigenvalue weighted by molar-refractivity contribution is 0.728. The molecule has 1 nitrogen and oxygen atoms in total. The molecule has 2 aromatic rings. The summed E-state index contributed by atoms with van der Waals surface area (Å²) < 4.78 is 3.37. The molecule has 0 spiro atoms. The molecular formula is C10H8Br3NS2. The van der Waals surface area contributed by atoms with Gasteiger partial charge in [0.2, 0.25) is 0 Å². The van der Waals surface area contributed by atoms with Crippen molar-refractivity contribution in [1.29, 1.82) is 0 Å². The van der Waals surface area contributed by atoms with E-state index >= 15 is 0 Å². The van der Waals surface area contributed by atoms with E-state index in [1.165, 1.54) is 4.88 Å². The molecule has 0 amide bonds. The summed E-state index contributed by atoms with van der Waals surface area (Å²) in [5.41, 5.74) is 7.37. The van der Waals surface area contributed by atoms with Crippen LogP contribution in [0.1, 0.15) is 16.5 Å². The minimum absolute atomic E-state index is 0.0341. The fraction of sp³-hybridized carbons (Fsp3) is 0.200.